The molecule has 0 rings (SSSR count). The molecule has 0 aliphatic rings. The van der Waals surface area contributed by atoms with Crippen LogP contribution in [0.2, 0.25) is 0 Å². The number of carbonyl (C=O) groups is 3. The molecule has 0 spiro atoms. The Labute approximate surface area is 330 Å². The highest BCUT2D eigenvalue weighted by atomic mass is 31.2. The van der Waals surface area contributed by atoms with E-state index in [2.05, 4.69) is 60.9 Å². The number of phosphoric ester groups is 1. The largest absolute Gasteiger partial charge is 0.480 e. The summed E-state index contributed by atoms with van der Waals surface area (Å²) in [5.74, 6) is -2.52. The predicted molar refractivity (Wildman–Crippen MR) is 221 cm³/mol. The van der Waals surface area contributed by atoms with Gasteiger partial charge in [-0.25, -0.2) is 4.57 Å². The average molecular weight is 790 g/mol. The first-order valence-electron chi connectivity index (χ1n) is 19.9. The summed E-state index contributed by atoms with van der Waals surface area (Å²) in [5.41, 5.74) is 5.31. The summed E-state index contributed by atoms with van der Waals surface area (Å²) in [6.45, 7) is 2.51. The summed E-state index contributed by atoms with van der Waals surface area (Å²) in [4.78, 5) is 45.8. The highest BCUT2D eigenvalue weighted by Crippen LogP contribution is 2.43. The predicted octanol–water partition coefficient (Wildman–Crippen LogP) is 10.1. The number of phosphoric acid groups is 1. The van der Waals surface area contributed by atoms with Gasteiger partial charge in [0, 0.05) is 12.8 Å². The van der Waals surface area contributed by atoms with Crippen LogP contribution in [0.25, 0.3) is 0 Å². The number of carboxylic acid groups (broad SMARTS) is 1. The quantitative estimate of drug-likeness (QED) is 0.0241. The first kappa shape index (κ1) is 51.4. The van der Waals surface area contributed by atoms with E-state index >= 15 is 0 Å². The van der Waals surface area contributed by atoms with Crippen molar-refractivity contribution in [1.82, 2.24) is 0 Å². The molecule has 0 fully saturated rings. The number of ether oxygens (including phenoxy) is 2. The van der Waals surface area contributed by atoms with Crippen LogP contribution >= 0.6 is 7.82 Å². The number of carboxylic acids is 1. The van der Waals surface area contributed by atoms with E-state index in [1.54, 1.807) is 0 Å². The molecule has 310 valence electrons. The van der Waals surface area contributed by atoms with E-state index in [-0.39, 0.29) is 12.8 Å². The Bertz CT molecular complexity index is 1300. The zero-order chi connectivity index (χ0) is 40.7. The second kappa shape index (κ2) is 37.3. The molecule has 0 saturated carbocycles. The molecule has 4 N–H and O–H groups in total. The lowest BCUT2D eigenvalue weighted by Crippen LogP contribution is -2.34. The molecule has 55 heavy (non-hydrogen) atoms. The van der Waals surface area contributed by atoms with Gasteiger partial charge in [0.15, 0.2) is 6.10 Å². The van der Waals surface area contributed by atoms with Gasteiger partial charge in [0.2, 0.25) is 0 Å². The first-order valence-corrected chi connectivity index (χ1v) is 21.4. The summed E-state index contributed by atoms with van der Waals surface area (Å²) < 4.78 is 32.5. The minimum absolute atomic E-state index is 0.0539. The van der Waals surface area contributed by atoms with E-state index in [0.717, 1.165) is 44.9 Å². The zero-order valence-electron chi connectivity index (χ0n) is 33.2. The van der Waals surface area contributed by atoms with Gasteiger partial charge in [0.05, 0.1) is 13.2 Å². The molecule has 0 aromatic rings. The van der Waals surface area contributed by atoms with Crippen molar-refractivity contribution in [2.75, 3.05) is 19.8 Å². The van der Waals surface area contributed by atoms with Crippen LogP contribution in [-0.2, 0) is 37.5 Å². The standard InChI is InChI=1S/C43H68NO10P/c1-3-5-7-9-11-13-15-17-18-19-20-21-23-24-26-28-30-32-34-41(45)51-36-39(37-52-55(49,50)53-38-40(44)43(47)48)54-42(46)35-33-31-29-27-25-22-16-14-12-10-8-6-4-2/h6,8,10,12,14-22,25,27,29,39-40H,3-5,7,9,11,13,23-24,26,28,30-38,44H2,1-2H3,(H,47,48)(H,49,50)/b8-6+,12-10+,16-14+,17-15+,19-18+,21-20+,25-22+,29-27+/t39?,40-/m1/s1. The molecule has 2 unspecified atom stereocenters. The molecule has 11 nitrogen and oxygen atoms in total. The van der Waals surface area contributed by atoms with Crippen molar-refractivity contribution in [1.29, 1.82) is 0 Å². The van der Waals surface area contributed by atoms with Crippen molar-refractivity contribution in [3.63, 3.8) is 0 Å². The Balaban J connectivity index is 4.57. The maximum Gasteiger partial charge on any atom is 0.472 e. The van der Waals surface area contributed by atoms with Crippen LogP contribution in [0, 0.1) is 0 Å². The van der Waals surface area contributed by atoms with Gasteiger partial charge in [-0.1, -0.05) is 156 Å². The van der Waals surface area contributed by atoms with E-state index < -0.39 is 57.7 Å². The maximum atomic E-state index is 12.5. The van der Waals surface area contributed by atoms with Crippen LogP contribution in [0.1, 0.15) is 123 Å². The lowest BCUT2D eigenvalue weighted by atomic mass is 10.1. The first-order chi connectivity index (χ1) is 26.6. The van der Waals surface area contributed by atoms with Gasteiger partial charge in [-0.15, -0.1) is 0 Å². The third-order valence-electron chi connectivity index (χ3n) is 7.76. The van der Waals surface area contributed by atoms with Crippen molar-refractivity contribution in [2.45, 2.75) is 135 Å². The molecule has 12 heteroatoms. The van der Waals surface area contributed by atoms with Gasteiger partial charge in [-0.05, 0) is 51.4 Å². The molecule has 0 aliphatic heterocycles. The van der Waals surface area contributed by atoms with Crippen molar-refractivity contribution in [2.24, 2.45) is 5.73 Å². The second-order valence-corrected chi connectivity index (χ2v) is 14.3. The van der Waals surface area contributed by atoms with Crippen LogP contribution in [0.4, 0.5) is 0 Å². The Morgan fingerprint density at radius 1 is 0.582 bits per heavy atom. The van der Waals surface area contributed by atoms with Gasteiger partial charge in [0.25, 0.3) is 0 Å². The minimum Gasteiger partial charge on any atom is -0.480 e. The molecule has 0 amide bonds. The zero-order valence-corrected chi connectivity index (χ0v) is 34.1. The molecule has 0 radical (unpaired) electrons. The highest BCUT2D eigenvalue weighted by molar-refractivity contribution is 7.47. The van der Waals surface area contributed by atoms with Crippen molar-refractivity contribution >= 4 is 25.7 Å². The van der Waals surface area contributed by atoms with Gasteiger partial charge < -0.3 is 25.2 Å². The molecular weight excluding hydrogens is 721 g/mol. The van der Waals surface area contributed by atoms with E-state index in [9.17, 15) is 23.8 Å². The normalized spacial score (nSPS) is 14.8. The molecule has 0 aromatic carbocycles. The Hall–Kier alpha value is -3.60. The van der Waals surface area contributed by atoms with Crippen LogP contribution in [-0.4, -0.2) is 59.9 Å². The van der Waals surface area contributed by atoms with Crippen molar-refractivity contribution in [3.05, 3.63) is 97.2 Å². The summed E-state index contributed by atoms with van der Waals surface area (Å²) in [7, 11) is -4.74. The Kier molecular flexibility index (Phi) is 34.9. The van der Waals surface area contributed by atoms with Crippen LogP contribution in [0.15, 0.2) is 97.2 Å². The number of hydrogen-bond acceptors (Lipinski definition) is 9. The topological polar surface area (TPSA) is 172 Å². The lowest BCUT2D eigenvalue weighted by molar-refractivity contribution is -0.161. The SMILES string of the molecule is CC/C=C/C=C/C=C/C=C/C=C/CCCC(=O)OC(COC(=O)CCCCCCC/C=C/C=C/C=C/CCCCCCC)COP(=O)(O)OC[C@@H](N)C(=O)O. The third-order valence-corrected chi connectivity index (χ3v) is 8.71. The lowest BCUT2D eigenvalue weighted by Gasteiger charge is -2.20. The van der Waals surface area contributed by atoms with Crippen LogP contribution in [0.5, 0.6) is 0 Å². The third kappa shape index (κ3) is 37.1. The number of nitrogens with two attached hydrogens (primary N) is 1. The number of esters is 2. The highest BCUT2D eigenvalue weighted by Gasteiger charge is 2.28. The Morgan fingerprint density at radius 3 is 1.58 bits per heavy atom. The molecule has 3 atom stereocenters. The molecule has 0 saturated heterocycles. The van der Waals surface area contributed by atoms with Crippen LogP contribution < -0.4 is 5.73 Å². The van der Waals surface area contributed by atoms with E-state index in [1.165, 1.54) is 32.1 Å². The van der Waals surface area contributed by atoms with E-state index in [1.807, 2.05) is 54.7 Å². The van der Waals surface area contributed by atoms with Gasteiger partial charge >= 0.3 is 25.7 Å². The monoisotopic (exact) mass is 789 g/mol. The molecule has 0 bridgehead atoms. The number of carbonyl (C=O) groups excluding carboxylic acids is 2. The van der Waals surface area contributed by atoms with Crippen molar-refractivity contribution in [3.8, 4) is 0 Å². The van der Waals surface area contributed by atoms with E-state index in [4.69, 9.17) is 24.8 Å². The minimum atomic E-state index is -4.74. The summed E-state index contributed by atoms with van der Waals surface area (Å²) >= 11 is 0. The van der Waals surface area contributed by atoms with Crippen molar-refractivity contribution < 1.29 is 47.5 Å². The average Bonchev–Trinajstić information content (AvgIpc) is 3.16. The van der Waals surface area contributed by atoms with E-state index in [0.29, 0.717) is 19.3 Å². The summed E-state index contributed by atoms with van der Waals surface area (Å²) in [5, 5.41) is 8.86. The molecule has 0 aromatic heterocycles. The fourth-order valence-corrected chi connectivity index (χ4v) is 5.40. The fraction of sp³-hybridized carbons (Fsp3) is 0.558. The summed E-state index contributed by atoms with van der Waals surface area (Å²) in [6.07, 6.45) is 46.3. The maximum absolute atomic E-state index is 12.5. The van der Waals surface area contributed by atoms with Crippen LogP contribution in [0.3, 0.4) is 0 Å². The molecular formula is C43H68NO10P. The second-order valence-electron chi connectivity index (χ2n) is 12.9. The fourth-order valence-electron chi connectivity index (χ4n) is 4.62. The van der Waals surface area contributed by atoms with Gasteiger partial charge in [-0.2, -0.15) is 0 Å². The number of allylic oxidation sites excluding steroid dienone is 16. The number of rotatable bonds is 35. The van der Waals surface area contributed by atoms with Gasteiger partial charge in [-0.3, -0.25) is 23.4 Å². The number of aliphatic carboxylic acids is 1. The number of unbranched alkanes of at least 4 members (excludes halogenated alkanes) is 11. The molecule has 0 aliphatic carbocycles. The Morgan fingerprint density at radius 2 is 1.04 bits per heavy atom. The molecule has 0 heterocycles. The number of hydrogen-bond donors (Lipinski definition) is 3. The summed E-state index contributed by atoms with van der Waals surface area (Å²) in [6, 6.07) is -1.54. The van der Waals surface area contributed by atoms with Gasteiger partial charge in [0.1, 0.15) is 12.6 Å². The smallest absolute Gasteiger partial charge is 0.472 e.